The van der Waals surface area contributed by atoms with Gasteiger partial charge in [0.15, 0.2) is 0 Å². The molecule has 0 aliphatic carbocycles. The van der Waals surface area contributed by atoms with Crippen LogP contribution in [-0.2, 0) is 29.2 Å². The maximum atomic E-state index is 12.7. The number of benzene rings is 2. The van der Waals surface area contributed by atoms with Gasteiger partial charge in [0.25, 0.3) is 5.56 Å². The first kappa shape index (κ1) is 19.7. The van der Waals surface area contributed by atoms with Crippen molar-refractivity contribution < 1.29 is 14.3 Å². The molecule has 0 bridgehead atoms. The molecular formula is C20H19ClN2O5. The number of hydrogen-bond donors (Lipinski definition) is 0. The largest absolute Gasteiger partial charge is 0.496 e. The number of methoxy groups -OCH3 is 1. The third kappa shape index (κ3) is 3.80. The Morgan fingerprint density at radius 1 is 1.11 bits per heavy atom. The highest BCUT2D eigenvalue weighted by Gasteiger charge is 2.15. The van der Waals surface area contributed by atoms with E-state index in [1.54, 1.807) is 49.4 Å². The van der Waals surface area contributed by atoms with Gasteiger partial charge in [-0.05, 0) is 37.3 Å². The summed E-state index contributed by atoms with van der Waals surface area (Å²) in [6.45, 7) is 1.54. The summed E-state index contributed by atoms with van der Waals surface area (Å²) in [5.41, 5.74) is 0.0680. The highest BCUT2D eigenvalue weighted by Crippen LogP contribution is 2.23. The van der Waals surface area contributed by atoms with Crippen molar-refractivity contribution in [2.45, 2.75) is 26.6 Å². The molecule has 0 saturated heterocycles. The zero-order valence-electron chi connectivity index (χ0n) is 15.5. The average molecular weight is 403 g/mol. The van der Waals surface area contributed by atoms with E-state index in [1.165, 1.54) is 11.7 Å². The normalized spacial score (nSPS) is 10.8. The zero-order chi connectivity index (χ0) is 20.3. The number of esters is 1. The predicted molar refractivity (Wildman–Crippen MR) is 106 cm³/mol. The van der Waals surface area contributed by atoms with Crippen LogP contribution >= 0.6 is 11.6 Å². The number of nitrogens with zero attached hydrogens (tertiary/aromatic N) is 2. The molecule has 2 aromatic carbocycles. The lowest BCUT2D eigenvalue weighted by atomic mass is 10.2. The highest BCUT2D eigenvalue weighted by atomic mass is 35.5. The van der Waals surface area contributed by atoms with E-state index in [1.807, 2.05) is 0 Å². The Morgan fingerprint density at radius 2 is 1.86 bits per heavy atom. The standard InChI is InChI=1S/C20H19ClN2O5/c1-3-22-19(25)15-6-4-5-7-16(15)23(20(22)26)11-18(24)28-12-13-10-14(21)8-9-17(13)27-2/h4-10H,3,11-12H2,1-2H3. The quantitative estimate of drug-likeness (QED) is 0.592. The molecule has 0 atom stereocenters. The number of carbonyl (C=O) groups excluding carboxylic acids is 1. The molecule has 1 aromatic heterocycles. The minimum atomic E-state index is -0.615. The Morgan fingerprint density at radius 3 is 2.57 bits per heavy atom. The number of rotatable bonds is 6. The summed E-state index contributed by atoms with van der Waals surface area (Å²) in [5, 5.41) is 0.859. The molecule has 8 heteroatoms. The molecule has 3 rings (SSSR count). The fourth-order valence-electron chi connectivity index (χ4n) is 3.00. The van der Waals surface area contributed by atoms with Crippen LogP contribution in [0.2, 0.25) is 5.02 Å². The summed E-state index contributed by atoms with van der Waals surface area (Å²) < 4.78 is 12.9. The molecule has 0 fully saturated rings. The molecule has 0 aliphatic heterocycles. The van der Waals surface area contributed by atoms with Crippen LogP contribution in [0.15, 0.2) is 52.1 Å². The third-order valence-electron chi connectivity index (χ3n) is 4.37. The van der Waals surface area contributed by atoms with Crippen molar-refractivity contribution in [3.05, 3.63) is 73.9 Å². The van der Waals surface area contributed by atoms with Crippen LogP contribution in [-0.4, -0.2) is 22.2 Å². The Kier molecular flexibility index (Phi) is 5.84. The molecule has 1 heterocycles. The Bertz CT molecular complexity index is 1150. The van der Waals surface area contributed by atoms with Gasteiger partial charge < -0.3 is 9.47 Å². The van der Waals surface area contributed by atoms with Gasteiger partial charge in [-0.3, -0.25) is 18.7 Å². The number of fused-ring (bicyclic) bond motifs is 1. The van der Waals surface area contributed by atoms with Crippen LogP contribution in [0.1, 0.15) is 12.5 Å². The topological polar surface area (TPSA) is 79.5 Å². The van der Waals surface area contributed by atoms with Crippen molar-refractivity contribution in [1.82, 2.24) is 9.13 Å². The first-order valence-corrected chi connectivity index (χ1v) is 9.04. The summed E-state index contributed by atoms with van der Waals surface area (Å²) in [7, 11) is 1.51. The fourth-order valence-corrected chi connectivity index (χ4v) is 3.19. The van der Waals surface area contributed by atoms with E-state index in [9.17, 15) is 14.4 Å². The number of ether oxygens (including phenoxy) is 2. The maximum absolute atomic E-state index is 12.7. The lowest BCUT2D eigenvalue weighted by Crippen LogP contribution is -2.40. The summed E-state index contributed by atoms with van der Waals surface area (Å²) in [6.07, 6.45) is 0. The highest BCUT2D eigenvalue weighted by molar-refractivity contribution is 6.30. The summed E-state index contributed by atoms with van der Waals surface area (Å²) in [4.78, 5) is 37.5. The zero-order valence-corrected chi connectivity index (χ0v) is 16.2. The van der Waals surface area contributed by atoms with Crippen molar-refractivity contribution in [2.24, 2.45) is 0 Å². The molecule has 0 amide bonds. The molecule has 7 nitrogen and oxygen atoms in total. The molecule has 0 saturated carbocycles. The Balaban J connectivity index is 1.89. The van der Waals surface area contributed by atoms with Gasteiger partial charge in [-0.25, -0.2) is 4.79 Å². The third-order valence-corrected chi connectivity index (χ3v) is 4.60. The molecule has 0 aliphatic rings. The second-order valence-corrected chi connectivity index (χ2v) is 6.49. The maximum Gasteiger partial charge on any atom is 0.332 e. The molecule has 3 aromatic rings. The lowest BCUT2D eigenvalue weighted by Gasteiger charge is -2.13. The molecule has 0 unspecified atom stereocenters. The van der Waals surface area contributed by atoms with Gasteiger partial charge >= 0.3 is 11.7 Å². The second-order valence-electron chi connectivity index (χ2n) is 6.05. The van der Waals surface area contributed by atoms with E-state index in [2.05, 4.69) is 0 Å². The summed E-state index contributed by atoms with van der Waals surface area (Å²) in [5.74, 6) is -0.0741. The monoisotopic (exact) mass is 402 g/mol. The van der Waals surface area contributed by atoms with Gasteiger partial charge in [0, 0.05) is 17.1 Å². The smallest absolute Gasteiger partial charge is 0.332 e. The minimum Gasteiger partial charge on any atom is -0.496 e. The van der Waals surface area contributed by atoms with Crippen LogP contribution in [0.4, 0.5) is 0 Å². The minimum absolute atomic E-state index is 0.0529. The van der Waals surface area contributed by atoms with Crippen molar-refractivity contribution in [3.63, 3.8) is 0 Å². The van der Waals surface area contributed by atoms with E-state index in [0.717, 1.165) is 4.57 Å². The Labute approximate surface area is 165 Å². The van der Waals surface area contributed by atoms with Gasteiger partial charge in [-0.2, -0.15) is 0 Å². The summed E-state index contributed by atoms with van der Waals surface area (Å²) >= 11 is 5.98. The molecule has 0 radical (unpaired) electrons. The number of carbonyl (C=O) groups is 1. The van der Waals surface area contributed by atoms with Crippen molar-refractivity contribution >= 4 is 28.5 Å². The number of hydrogen-bond acceptors (Lipinski definition) is 5. The van der Waals surface area contributed by atoms with Crippen LogP contribution in [0.3, 0.4) is 0 Å². The molecular weight excluding hydrogens is 384 g/mol. The number of aromatic nitrogens is 2. The van der Waals surface area contributed by atoms with Crippen LogP contribution < -0.4 is 16.0 Å². The van der Waals surface area contributed by atoms with Gasteiger partial charge in [-0.15, -0.1) is 0 Å². The first-order valence-electron chi connectivity index (χ1n) is 8.66. The van der Waals surface area contributed by atoms with Crippen molar-refractivity contribution in [3.8, 4) is 5.75 Å². The molecule has 0 N–H and O–H groups in total. The van der Waals surface area contributed by atoms with Gasteiger partial charge in [0.1, 0.15) is 18.9 Å². The van der Waals surface area contributed by atoms with Gasteiger partial charge in [0.05, 0.1) is 18.0 Å². The second kappa shape index (κ2) is 8.31. The molecule has 0 spiro atoms. The van der Waals surface area contributed by atoms with Gasteiger partial charge in [-0.1, -0.05) is 23.7 Å². The SMILES string of the molecule is CCn1c(=O)c2ccccc2n(CC(=O)OCc2cc(Cl)ccc2OC)c1=O. The van der Waals surface area contributed by atoms with Gasteiger partial charge in [0.2, 0.25) is 0 Å². The average Bonchev–Trinajstić information content (AvgIpc) is 2.70. The van der Waals surface area contributed by atoms with Crippen LogP contribution in [0, 0.1) is 0 Å². The fraction of sp³-hybridized carbons (Fsp3) is 0.250. The van der Waals surface area contributed by atoms with E-state index >= 15 is 0 Å². The number of halogens is 1. The van der Waals surface area contributed by atoms with Crippen molar-refractivity contribution in [1.29, 1.82) is 0 Å². The summed E-state index contributed by atoms with van der Waals surface area (Å²) in [6, 6.07) is 11.7. The van der Waals surface area contributed by atoms with Crippen LogP contribution in [0.25, 0.3) is 10.9 Å². The van der Waals surface area contributed by atoms with Crippen LogP contribution in [0.5, 0.6) is 5.75 Å². The molecule has 28 heavy (non-hydrogen) atoms. The van der Waals surface area contributed by atoms with E-state index in [-0.39, 0.29) is 25.3 Å². The number of para-hydroxylation sites is 1. The van der Waals surface area contributed by atoms with Crippen molar-refractivity contribution in [2.75, 3.05) is 7.11 Å². The van der Waals surface area contributed by atoms with E-state index in [0.29, 0.717) is 27.2 Å². The Hall–Kier alpha value is -3.06. The lowest BCUT2D eigenvalue weighted by molar-refractivity contribution is -0.145. The first-order chi connectivity index (χ1) is 13.5. The van der Waals surface area contributed by atoms with E-state index in [4.69, 9.17) is 21.1 Å². The predicted octanol–water partition coefficient (Wildman–Crippen LogP) is 2.59. The van der Waals surface area contributed by atoms with E-state index < -0.39 is 11.7 Å². The molecule has 146 valence electrons.